The van der Waals surface area contributed by atoms with E-state index in [9.17, 15) is 4.79 Å². The zero-order valence-corrected chi connectivity index (χ0v) is 33.8. The van der Waals surface area contributed by atoms with Crippen LogP contribution in [0.4, 0.5) is 10.5 Å². The minimum absolute atomic E-state index is 0.282. The zero-order valence-electron chi connectivity index (χ0n) is 33.8. The van der Waals surface area contributed by atoms with Crippen LogP contribution in [0.2, 0.25) is 0 Å². The number of rotatable bonds is 16. The summed E-state index contributed by atoms with van der Waals surface area (Å²) in [5, 5.41) is 4.90. The monoisotopic (exact) mass is 753 g/mol. The summed E-state index contributed by atoms with van der Waals surface area (Å²) in [6.07, 6.45) is 12.1. The van der Waals surface area contributed by atoms with Crippen molar-refractivity contribution >= 4 is 28.6 Å². The van der Waals surface area contributed by atoms with Crippen LogP contribution in [-0.4, -0.2) is 33.5 Å². The van der Waals surface area contributed by atoms with Gasteiger partial charge in [-0.2, -0.15) is 0 Å². The van der Waals surface area contributed by atoms with Crippen LogP contribution < -0.4 is 24.3 Å². The summed E-state index contributed by atoms with van der Waals surface area (Å²) in [5.41, 5.74) is 7.38. The molecule has 1 amide bonds. The molecule has 0 spiro atoms. The lowest BCUT2D eigenvalue weighted by atomic mass is 9.69. The predicted molar refractivity (Wildman–Crippen MR) is 227 cm³/mol. The molecule has 5 aromatic carbocycles. The third-order valence-electron chi connectivity index (χ3n) is 11.4. The van der Waals surface area contributed by atoms with Gasteiger partial charge in [-0.25, -0.2) is 4.79 Å². The third-order valence-corrected chi connectivity index (χ3v) is 11.4. The molecule has 0 atom stereocenters. The lowest BCUT2D eigenvalue weighted by Crippen LogP contribution is -2.35. The Balaban J connectivity index is 1.49. The number of unbranched alkanes of at least 4 members (excludes halogenated alkanes) is 2. The SMILES string of the molecule is CCCCOc1ccc(C2(c3ccc(OCCCC)cc3)C=Cc3c4c(c5cc(NC(=O)OC)ccc5c3O2)-c2ccc(OC)cc2C4(CCC)CCC)cc1. The number of methoxy groups -OCH3 is 2. The molecule has 0 saturated heterocycles. The maximum atomic E-state index is 12.5. The molecule has 1 aliphatic carbocycles. The van der Waals surface area contributed by atoms with Crippen LogP contribution >= 0.6 is 0 Å². The molecule has 1 N–H and O–H groups in total. The Bertz CT molecular complexity index is 2140. The van der Waals surface area contributed by atoms with E-state index < -0.39 is 11.7 Å². The lowest BCUT2D eigenvalue weighted by molar-refractivity contribution is 0.163. The summed E-state index contributed by atoms with van der Waals surface area (Å²) in [6.45, 7) is 10.2. The van der Waals surface area contributed by atoms with E-state index in [0.29, 0.717) is 18.9 Å². The van der Waals surface area contributed by atoms with Crippen LogP contribution in [0.1, 0.15) is 107 Å². The first kappa shape index (κ1) is 38.8. The maximum absolute atomic E-state index is 12.5. The highest BCUT2D eigenvalue weighted by molar-refractivity contribution is 6.10. The summed E-state index contributed by atoms with van der Waals surface area (Å²) in [6, 6.07) is 29.2. The normalized spacial score (nSPS) is 14.3. The standard InChI is InChI=1S/C49H55NO6/c1-7-11-29-54-36-18-13-33(14-19-36)49(34-15-20-37(21-16-34)55-30-12-8-2)28-25-41-45-44(42-31-35(50-47(51)53-6)17-23-39(42)46(41)56-49)40-24-22-38(52-5)32-43(40)48(45,26-9-3)27-10-4/h13-25,28,31-32H,7-12,26-27,29-30H2,1-6H3,(H,50,51). The van der Waals surface area contributed by atoms with E-state index in [2.05, 4.69) is 99.8 Å². The van der Waals surface area contributed by atoms with Crippen LogP contribution in [0.15, 0.2) is 91.0 Å². The van der Waals surface area contributed by atoms with Crippen molar-refractivity contribution in [1.82, 2.24) is 0 Å². The van der Waals surface area contributed by atoms with E-state index in [4.69, 9.17) is 23.7 Å². The highest BCUT2D eigenvalue weighted by Crippen LogP contribution is 2.61. The van der Waals surface area contributed by atoms with Gasteiger partial charge < -0.3 is 23.7 Å². The van der Waals surface area contributed by atoms with E-state index in [1.807, 2.05) is 30.3 Å². The highest BCUT2D eigenvalue weighted by Gasteiger charge is 2.48. The molecule has 56 heavy (non-hydrogen) atoms. The Hall–Kier alpha value is -5.43. The second-order valence-electron chi connectivity index (χ2n) is 15.0. The summed E-state index contributed by atoms with van der Waals surface area (Å²) >= 11 is 0. The van der Waals surface area contributed by atoms with Crippen LogP contribution in [-0.2, 0) is 15.8 Å². The second-order valence-corrected chi connectivity index (χ2v) is 15.0. The molecular weight excluding hydrogens is 699 g/mol. The van der Waals surface area contributed by atoms with E-state index in [1.165, 1.54) is 29.4 Å². The van der Waals surface area contributed by atoms with Crippen LogP contribution in [0.5, 0.6) is 23.0 Å². The fraction of sp³-hybridized carbons (Fsp3) is 0.367. The Labute approximate surface area is 332 Å². The topological polar surface area (TPSA) is 75.3 Å². The van der Waals surface area contributed by atoms with Crippen LogP contribution in [0, 0.1) is 0 Å². The van der Waals surface area contributed by atoms with Crippen molar-refractivity contribution in [3.8, 4) is 34.1 Å². The van der Waals surface area contributed by atoms with Gasteiger partial charge in [-0.15, -0.1) is 0 Å². The van der Waals surface area contributed by atoms with E-state index in [1.54, 1.807) is 7.11 Å². The largest absolute Gasteiger partial charge is 0.497 e. The van der Waals surface area contributed by atoms with Gasteiger partial charge in [0, 0.05) is 33.2 Å². The number of carbonyl (C=O) groups is 1. The summed E-state index contributed by atoms with van der Waals surface area (Å²) < 4.78 is 30.7. The van der Waals surface area contributed by atoms with Gasteiger partial charge in [0.1, 0.15) is 23.0 Å². The van der Waals surface area contributed by atoms with Gasteiger partial charge in [0.25, 0.3) is 0 Å². The molecule has 292 valence electrons. The first-order valence-electron chi connectivity index (χ1n) is 20.4. The van der Waals surface area contributed by atoms with Gasteiger partial charge >= 0.3 is 6.09 Å². The van der Waals surface area contributed by atoms with Crippen molar-refractivity contribution in [1.29, 1.82) is 0 Å². The number of ether oxygens (including phenoxy) is 5. The molecule has 0 radical (unpaired) electrons. The minimum Gasteiger partial charge on any atom is -0.497 e. The number of fused-ring (bicyclic) bond motifs is 8. The van der Waals surface area contributed by atoms with Crippen molar-refractivity contribution in [3.05, 3.63) is 119 Å². The van der Waals surface area contributed by atoms with Crippen molar-refractivity contribution < 1.29 is 28.5 Å². The lowest BCUT2D eigenvalue weighted by Gasteiger charge is -2.40. The number of anilines is 1. The molecule has 2 aliphatic rings. The van der Waals surface area contributed by atoms with Crippen LogP contribution in [0.25, 0.3) is 28.0 Å². The van der Waals surface area contributed by atoms with Gasteiger partial charge in [-0.05, 0) is 114 Å². The summed E-state index contributed by atoms with van der Waals surface area (Å²) in [5.74, 6) is 3.33. The highest BCUT2D eigenvalue weighted by atomic mass is 16.5. The number of hydrogen-bond donors (Lipinski definition) is 1. The predicted octanol–water partition coefficient (Wildman–Crippen LogP) is 12.6. The van der Waals surface area contributed by atoms with Crippen molar-refractivity contribution in [2.45, 2.75) is 90.1 Å². The van der Waals surface area contributed by atoms with Gasteiger partial charge in [-0.3, -0.25) is 5.32 Å². The van der Waals surface area contributed by atoms with Crippen LogP contribution in [0.3, 0.4) is 0 Å². The average molecular weight is 754 g/mol. The average Bonchev–Trinajstić information content (AvgIpc) is 3.50. The summed E-state index contributed by atoms with van der Waals surface area (Å²) in [4.78, 5) is 12.5. The third kappa shape index (κ3) is 6.97. The van der Waals surface area contributed by atoms with Gasteiger partial charge in [0.2, 0.25) is 0 Å². The molecule has 0 saturated carbocycles. The fourth-order valence-corrected chi connectivity index (χ4v) is 8.81. The van der Waals surface area contributed by atoms with Gasteiger partial charge in [0.05, 0.1) is 27.4 Å². The molecule has 7 rings (SSSR count). The second kappa shape index (κ2) is 16.7. The minimum atomic E-state index is -0.964. The molecule has 7 nitrogen and oxygen atoms in total. The van der Waals surface area contributed by atoms with E-state index in [0.717, 1.165) is 102 Å². The molecule has 0 unspecified atom stereocenters. The Kier molecular flexibility index (Phi) is 11.6. The molecule has 0 bridgehead atoms. The van der Waals surface area contributed by atoms with Gasteiger partial charge in [0.15, 0.2) is 5.60 Å². The molecular formula is C49H55NO6. The molecule has 1 aliphatic heterocycles. The number of nitrogens with one attached hydrogen (secondary N) is 1. The first-order chi connectivity index (χ1) is 27.4. The molecule has 0 fully saturated rings. The summed E-state index contributed by atoms with van der Waals surface area (Å²) in [7, 11) is 3.11. The number of hydrogen-bond acceptors (Lipinski definition) is 6. The number of benzene rings is 5. The number of amides is 1. The molecule has 1 heterocycles. The smallest absolute Gasteiger partial charge is 0.411 e. The fourth-order valence-electron chi connectivity index (χ4n) is 8.81. The maximum Gasteiger partial charge on any atom is 0.411 e. The van der Waals surface area contributed by atoms with Crippen molar-refractivity contribution in [2.24, 2.45) is 0 Å². The Morgan fingerprint density at radius 2 is 1.30 bits per heavy atom. The molecule has 5 aromatic rings. The van der Waals surface area contributed by atoms with Crippen molar-refractivity contribution in [2.75, 3.05) is 32.8 Å². The molecule has 0 aromatic heterocycles. The van der Waals surface area contributed by atoms with Crippen molar-refractivity contribution in [3.63, 3.8) is 0 Å². The van der Waals surface area contributed by atoms with E-state index >= 15 is 0 Å². The van der Waals surface area contributed by atoms with E-state index in [-0.39, 0.29) is 5.41 Å². The molecule has 7 heteroatoms. The zero-order chi connectivity index (χ0) is 39.3. The Morgan fingerprint density at radius 1 is 0.696 bits per heavy atom. The number of carbonyl (C=O) groups excluding carboxylic acids is 1. The Morgan fingerprint density at radius 3 is 1.86 bits per heavy atom. The van der Waals surface area contributed by atoms with Gasteiger partial charge in [-0.1, -0.05) is 89.8 Å². The first-order valence-corrected chi connectivity index (χ1v) is 20.4. The quantitative estimate of drug-likeness (QED) is 0.101.